The van der Waals surface area contributed by atoms with Gasteiger partial charge in [-0.15, -0.1) is 0 Å². The summed E-state index contributed by atoms with van der Waals surface area (Å²) in [6.07, 6.45) is -1.46. The largest absolute Gasteiger partial charge is 0.465 e. The molecule has 2 rings (SSSR count). The Morgan fingerprint density at radius 2 is 2.10 bits per heavy atom. The molecule has 0 atom stereocenters. The van der Waals surface area contributed by atoms with Crippen molar-refractivity contribution in [3.05, 3.63) is 47.5 Å². The van der Waals surface area contributed by atoms with Gasteiger partial charge in [-0.25, -0.2) is 4.79 Å². The standard InChI is InChI=1S/C12H10F3N3O2/c1-20-11(19)8-2-3-10(16-4-8)7-18-6-9(5-17-18)12(13,14)15/h2-6H,7H2,1H3. The predicted molar refractivity (Wildman–Crippen MR) is 61.9 cm³/mol. The van der Waals surface area contributed by atoms with Crippen LogP contribution in [0.2, 0.25) is 0 Å². The number of nitrogens with zero attached hydrogens (tertiary/aromatic N) is 3. The van der Waals surface area contributed by atoms with Crippen molar-refractivity contribution >= 4 is 5.97 Å². The van der Waals surface area contributed by atoms with Crippen molar-refractivity contribution in [1.82, 2.24) is 14.8 Å². The highest BCUT2D eigenvalue weighted by molar-refractivity contribution is 5.88. The Balaban J connectivity index is 2.10. The summed E-state index contributed by atoms with van der Waals surface area (Å²) in [6, 6.07) is 3.02. The van der Waals surface area contributed by atoms with Gasteiger partial charge in [-0.3, -0.25) is 9.67 Å². The number of ether oxygens (including phenoxy) is 1. The number of hydrogen-bond acceptors (Lipinski definition) is 4. The number of carbonyl (C=O) groups excluding carboxylic acids is 1. The molecule has 8 heteroatoms. The normalized spacial score (nSPS) is 11.4. The number of pyridine rings is 1. The molecule has 20 heavy (non-hydrogen) atoms. The molecule has 5 nitrogen and oxygen atoms in total. The second-order valence-electron chi connectivity index (χ2n) is 3.95. The van der Waals surface area contributed by atoms with E-state index in [0.717, 1.165) is 17.1 Å². The summed E-state index contributed by atoms with van der Waals surface area (Å²) in [5.74, 6) is -0.525. The summed E-state index contributed by atoms with van der Waals surface area (Å²) in [6.45, 7) is 0.0809. The number of alkyl halides is 3. The molecule has 0 unspecified atom stereocenters. The van der Waals surface area contributed by atoms with Crippen LogP contribution in [0, 0.1) is 0 Å². The smallest absolute Gasteiger partial charge is 0.419 e. The zero-order valence-corrected chi connectivity index (χ0v) is 10.4. The second kappa shape index (κ2) is 5.32. The third-order valence-electron chi connectivity index (χ3n) is 2.53. The van der Waals surface area contributed by atoms with E-state index >= 15 is 0 Å². The summed E-state index contributed by atoms with van der Waals surface area (Å²) >= 11 is 0. The van der Waals surface area contributed by atoms with Gasteiger partial charge in [-0.05, 0) is 12.1 Å². The minimum Gasteiger partial charge on any atom is -0.465 e. The molecule has 106 valence electrons. The van der Waals surface area contributed by atoms with Crippen molar-refractivity contribution in [2.24, 2.45) is 0 Å². The van der Waals surface area contributed by atoms with Gasteiger partial charge in [0.15, 0.2) is 0 Å². The van der Waals surface area contributed by atoms with Gasteiger partial charge in [0.2, 0.25) is 0 Å². The van der Waals surface area contributed by atoms with Crippen LogP contribution in [-0.4, -0.2) is 27.8 Å². The van der Waals surface area contributed by atoms with E-state index in [1.165, 1.54) is 25.4 Å². The molecular weight excluding hydrogens is 275 g/mol. The SMILES string of the molecule is COC(=O)c1ccc(Cn2cc(C(F)(F)F)cn2)nc1. The lowest BCUT2D eigenvalue weighted by Crippen LogP contribution is -2.06. The fraction of sp³-hybridized carbons (Fsp3) is 0.250. The molecule has 2 aromatic rings. The van der Waals surface area contributed by atoms with Crippen LogP contribution in [0.15, 0.2) is 30.7 Å². The maximum absolute atomic E-state index is 12.4. The van der Waals surface area contributed by atoms with E-state index in [0.29, 0.717) is 5.69 Å². The number of esters is 1. The maximum Gasteiger partial charge on any atom is 0.419 e. The molecule has 0 saturated carbocycles. The van der Waals surface area contributed by atoms with E-state index in [1.807, 2.05) is 0 Å². The number of halogens is 3. The fourth-order valence-corrected chi connectivity index (χ4v) is 1.52. The van der Waals surface area contributed by atoms with E-state index < -0.39 is 17.7 Å². The Bertz CT molecular complexity index is 605. The minimum atomic E-state index is -4.42. The topological polar surface area (TPSA) is 57.0 Å². The van der Waals surface area contributed by atoms with Gasteiger partial charge in [-0.1, -0.05) is 0 Å². The summed E-state index contributed by atoms with van der Waals surface area (Å²) < 4.78 is 42.8. The van der Waals surface area contributed by atoms with Crippen LogP contribution in [0.5, 0.6) is 0 Å². The van der Waals surface area contributed by atoms with Crippen LogP contribution in [0.3, 0.4) is 0 Å². The third-order valence-corrected chi connectivity index (χ3v) is 2.53. The fourth-order valence-electron chi connectivity index (χ4n) is 1.52. The highest BCUT2D eigenvalue weighted by Gasteiger charge is 2.32. The van der Waals surface area contributed by atoms with Crippen molar-refractivity contribution in [1.29, 1.82) is 0 Å². The Labute approximate surface area is 112 Å². The molecule has 0 aromatic carbocycles. The Morgan fingerprint density at radius 1 is 1.35 bits per heavy atom. The second-order valence-corrected chi connectivity index (χ2v) is 3.95. The van der Waals surface area contributed by atoms with Gasteiger partial charge < -0.3 is 4.74 Å². The average Bonchev–Trinajstić information content (AvgIpc) is 2.87. The molecule has 2 aromatic heterocycles. The molecule has 0 amide bonds. The van der Waals surface area contributed by atoms with E-state index in [9.17, 15) is 18.0 Å². The minimum absolute atomic E-state index is 0.0809. The summed E-state index contributed by atoms with van der Waals surface area (Å²) in [7, 11) is 1.25. The van der Waals surface area contributed by atoms with Gasteiger partial charge in [-0.2, -0.15) is 18.3 Å². The van der Waals surface area contributed by atoms with Crippen molar-refractivity contribution in [2.75, 3.05) is 7.11 Å². The van der Waals surface area contributed by atoms with Crippen LogP contribution in [-0.2, 0) is 17.5 Å². The Morgan fingerprint density at radius 3 is 2.60 bits per heavy atom. The highest BCUT2D eigenvalue weighted by Crippen LogP contribution is 2.28. The lowest BCUT2D eigenvalue weighted by atomic mass is 10.2. The molecule has 0 saturated heterocycles. The van der Waals surface area contributed by atoms with E-state index in [4.69, 9.17) is 0 Å². The van der Waals surface area contributed by atoms with Crippen molar-refractivity contribution in [3.8, 4) is 0 Å². The molecule has 0 N–H and O–H groups in total. The lowest BCUT2D eigenvalue weighted by molar-refractivity contribution is -0.137. The lowest BCUT2D eigenvalue weighted by Gasteiger charge is -2.03. The number of methoxy groups -OCH3 is 1. The number of hydrogen-bond donors (Lipinski definition) is 0. The number of carbonyl (C=O) groups is 1. The van der Waals surface area contributed by atoms with Crippen LogP contribution in [0.4, 0.5) is 13.2 Å². The highest BCUT2D eigenvalue weighted by atomic mass is 19.4. The average molecular weight is 285 g/mol. The maximum atomic E-state index is 12.4. The zero-order valence-electron chi connectivity index (χ0n) is 10.4. The first-order chi connectivity index (χ1) is 9.40. The quantitative estimate of drug-likeness (QED) is 0.811. The molecule has 0 aliphatic rings. The molecule has 0 bridgehead atoms. The van der Waals surface area contributed by atoms with Crippen LogP contribution >= 0.6 is 0 Å². The Hall–Kier alpha value is -2.38. The summed E-state index contributed by atoms with van der Waals surface area (Å²) in [5, 5.41) is 3.62. The Kier molecular flexibility index (Phi) is 3.73. The van der Waals surface area contributed by atoms with E-state index in [-0.39, 0.29) is 12.1 Å². The van der Waals surface area contributed by atoms with Gasteiger partial charge in [0, 0.05) is 12.4 Å². The first-order valence-electron chi connectivity index (χ1n) is 5.53. The third kappa shape index (κ3) is 3.14. The number of rotatable bonds is 3. The molecular formula is C12H10F3N3O2. The zero-order chi connectivity index (χ0) is 14.8. The molecule has 2 heterocycles. The monoisotopic (exact) mass is 285 g/mol. The van der Waals surface area contributed by atoms with Crippen LogP contribution < -0.4 is 0 Å². The van der Waals surface area contributed by atoms with E-state index in [1.54, 1.807) is 0 Å². The van der Waals surface area contributed by atoms with Gasteiger partial charge in [0.25, 0.3) is 0 Å². The summed E-state index contributed by atoms with van der Waals surface area (Å²) in [4.78, 5) is 15.2. The molecule has 0 spiro atoms. The molecule has 0 fully saturated rings. The van der Waals surface area contributed by atoms with Crippen LogP contribution in [0.1, 0.15) is 21.6 Å². The predicted octanol–water partition coefficient (Wildman–Crippen LogP) is 2.13. The number of aromatic nitrogens is 3. The molecule has 0 radical (unpaired) electrons. The van der Waals surface area contributed by atoms with Crippen molar-refractivity contribution in [3.63, 3.8) is 0 Å². The first-order valence-corrected chi connectivity index (χ1v) is 5.53. The van der Waals surface area contributed by atoms with Crippen molar-refractivity contribution in [2.45, 2.75) is 12.7 Å². The van der Waals surface area contributed by atoms with Crippen molar-refractivity contribution < 1.29 is 22.7 Å². The van der Waals surface area contributed by atoms with Gasteiger partial charge in [0.1, 0.15) is 0 Å². The van der Waals surface area contributed by atoms with Gasteiger partial charge in [0.05, 0.1) is 36.7 Å². The van der Waals surface area contributed by atoms with Crippen LogP contribution in [0.25, 0.3) is 0 Å². The van der Waals surface area contributed by atoms with E-state index in [2.05, 4.69) is 14.8 Å². The molecule has 0 aliphatic carbocycles. The van der Waals surface area contributed by atoms with Gasteiger partial charge >= 0.3 is 12.1 Å². The summed E-state index contributed by atoms with van der Waals surface area (Å²) in [5.41, 5.74) is -0.0640. The molecule has 0 aliphatic heterocycles. The first kappa shape index (κ1) is 14.0.